The number of urea groups is 1. The number of nitrogens with zero attached hydrogens (tertiary/aromatic N) is 2. The fraction of sp³-hybridized carbons (Fsp3) is 0.154. The molecule has 0 radical (unpaired) electrons. The molecule has 2 rings (SSSR count). The van der Waals surface area contributed by atoms with Crippen molar-refractivity contribution in [1.82, 2.24) is 14.9 Å². The first-order valence-corrected chi connectivity index (χ1v) is 5.96. The van der Waals surface area contributed by atoms with Gasteiger partial charge in [0.15, 0.2) is 0 Å². The lowest BCUT2D eigenvalue weighted by molar-refractivity contribution is 0.0782. The smallest absolute Gasteiger partial charge is 0.316 e. The second-order valence-corrected chi connectivity index (χ2v) is 4.26. The molecule has 1 aromatic carbocycles. The highest BCUT2D eigenvalue weighted by Crippen LogP contribution is 2.11. The van der Waals surface area contributed by atoms with E-state index >= 15 is 0 Å². The van der Waals surface area contributed by atoms with Gasteiger partial charge in [0.1, 0.15) is 5.82 Å². The van der Waals surface area contributed by atoms with E-state index in [9.17, 15) is 9.59 Å². The molecule has 0 fully saturated rings. The van der Waals surface area contributed by atoms with Crippen molar-refractivity contribution in [2.24, 2.45) is 5.73 Å². The lowest BCUT2D eigenvalue weighted by Crippen LogP contribution is -2.26. The van der Waals surface area contributed by atoms with Gasteiger partial charge in [-0.25, -0.2) is 9.78 Å². The molecule has 3 amide bonds. The molecule has 0 spiro atoms. The zero-order valence-electron chi connectivity index (χ0n) is 11.0. The minimum Gasteiger partial charge on any atom is -0.351 e. The maximum Gasteiger partial charge on any atom is 0.316 e. The van der Waals surface area contributed by atoms with Gasteiger partial charge in [0.05, 0.1) is 6.54 Å². The number of hydrogen-bond donors (Lipinski definition) is 3. The summed E-state index contributed by atoms with van der Waals surface area (Å²) in [4.78, 5) is 31.4. The number of H-pyrrole nitrogens is 1. The van der Waals surface area contributed by atoms with E-state index in [1.165, 1.54) is 0 Å². The number of hydrogen-bond acceptors (Lipinski definition) is 3. The molecule has 0 unspecified atom stereocenters. The van der Waals surface area contributed by atoms with Crippen molar-refractivity contribution in [3.05, 3.63) is 48.0 Å². The zero-order valence-corrected chi connectivity index (χ0v) is 11.0. The second-order valence-electron chi connectivity index (χ2n) is 4.26. The van der Waals surface area contributed by atoms with Gasteiger partial charge < -0.3 is 20.9 Å². The van der Waals surface area contributed by atoms with Gasteiger partial charge in [-0.3, -0.25) is 4.79 Å². The number of rotatable bonds is 4. The van der Waals surface area contributed by atoms with Crippen molar-refractivity contribution in [2.45, 2.75) is 6.54 Å². The summed E-state index contributed by atoms with van der Waals surface area (Å²) in [6.45, 7) is 0.396. The monoisotopic (exact) mass is 273 g/mol. The maximum absolute atomic E-state index is 12.2. The lowest BCUT2D eigenvalue weighted by atomic mass is 10.2. The number of anilines is 1. The van der Waals surface area contributed by atoms with Crippen LogP contribution in [0.1, 0.15) is 16.2 Å². The van der Waals surface area contributed by atoms with Crippen molar-refractivity contribution in [2.75, 3.05) is 12.4 Å². The molecule has 0 aliphatic rings. The van der Waals surface area contributed by atoms with Crippen LogP contribution in [-0.4, -0.2) is 33.9 Å². The number of primary amides is 1. The van der Waals surface area contributed by atoms with E-state index < -0.39 is 6.03 Å². The lowest BCUT2D eigenvalue weighted by Gasteiger charge is -2.16. The summed E-state index contributed by atoms with van der Waals surface area (Å²) >= 11 is 0. The molecule has 0 saturated heterocycles. The Morgan fingerprint density at radius 1 is 1.35 bits per heavy atom. The topological polar surface area (TPSA) is 104 Å². The number of nitrogens with one attached hydrogen (secondary N) is 2. The van der Waals surface area contributed by atoms with Gasteiger partial charge >= 0.3 is 6.03 Å². The zero-order chi connectivity index (χ0) is 14.5. The van der Waals surface area contributed by atoms with Gasteiger partial charge in [-0.05, 0) is 24.3 Å². The fourth-order valence-corrected chi connectivity index (χ4v) is 1.74. The highest BCUT2D eigenvalue weighted by Gasteiger charge is 2.12. The second kappa shape index (κ2) is 5.87. The van der Waals surface area contributed by atoms with Crippen molar-refractivity contribution in [3.63, 3.8) is 0 Å². The van der Waals surface area contributed by atoms with Crippen LogP contribution in [0.3, 0.4) is 0 Å². The Morgan fingerprint density at radius 3 is 2.60 bits per heavy atom. The molecule has 7 heteroatoms. The highest BCUT2D eigenvalue weighted by atomic mass is 16.2. The summed E-state index contributed by atoms with van der Waals surface area (Å²) in [5, 5.41) is 2.44. The van der Waals surface area contributed by atoms with Crippen LogP contribution in [0, 0.1) is 0 Å². The third-order valence-electron chi connectivity index (χ3n) is 2.69. The van der Waals surface area contributed by atoms with Crippen LogP contribution in [-0.2, 0) is 6.54 Å². The van der Waals surface area contributed by atoms with E-state index in [0.29, 0.717) is 23.6 Å². The average molecular weight is 273 g/mol. The van der Waals surface area contributed by atoms with Crippen molar-refractivity contribution in [3.8, 4) is 0 Å². The molecule has 0 aliphatic carbocycles. The molecular weight excluding hydrogens is 258 g/mol. The van der Waals surface area contributed by atoms with Gasteiger partial charge in [-0.2, -0.15) is 0 Å². The minimum atomic E-state index is -0.640. The van der Waals surface area contributed by atoms with E-state index in [-0.39, 0.29) is 5.91 Å². The predicted molar refractivity (Wildman–Crippen MR) is 74.0 cm³/mol. The van der Waals surface area contributed by atoms with E-state index in [0.717, 1.165) is 0 Å². The molecule has 1 aromatic heterocycles. The van der Waals surface area contributed by atoms with Crippen LogP contribution < -0.4 is 11.1 Å². The first kappa shape index (κ1) is 13.6. The van der Waals surface area contributed by atoms with Crippen LogP contribution in [0.15, 0.2) is 36.7 Å². The number of aromatic nitrogens is 2. The summed E-state index contributed by atoms with van der Waals surface area (Å²) in [5.74, 6) is 0.583. The van der Waals surface area contributed by atoms with Crippen LogP contribution >= 0.6 is 0 Å². The SMILES string of the molecule is CN(Cc1ncc[nH]1)C(=O)c1ccc(NC(N)=O)cc1. The summed E-state index contributed by atoms with van der Waals surface area (Å²) in [6.07, 6.45) is 3.34. The Kier molecular flexibility index (Phi) is 3.99. The van der Waals surface area contributed by atoms with Crippen molar-refractivity contribution >= 4 is 17.6 Å². The van der Waals surface area contributed by atoms with Gasteiger partial charge in [0, 0.05) is 30.7 Å². The van der Waals surface area contributed by atoms with Crippen LogP contribution in [0.25, 0.3) is 0 Å². The summed E-state index contributed by atoms with van der Waals surface area (Å²) in [7, 11) is 1.69. The van der Waals surface area contributed by atoms with Crippen LogP contribution in [0.2, 0.25) is 0 Å². The van der Waals surface area contributed by atoms with Gasteiger partial charge in [0.2, 0.25) is 0 Å². The quantitative estimate of drug-likeness (QED) is 0.778. The summed E-state index contributed by atoms with van der Waals surface area (Å²) in [6, 6.07) is 5.87. The Bertz CT molecular complexity index is 592. The number of amides is 3. The van der Waals surface area contributed by atoms with Crippen LogP contribution in [0.4, 0.5) is 10.5 Å². The number of nitrogens with two attached hydrogens (primary N) is 1. The number of carbonyl (C=O) groups excluding carboxylic acids is 2. The normalized spacial score (nSPS) is 10.1. The third kappa shape index (κ3) is 3.35. The predicted octanol–water partition coefficient (Wildman–Crippen LogP) is 1.17. The Hall–Kier alpha value is -2.83. The minimum absolute atomic E-state index is 0.132. The average Bonchev–Trinajstić information content (AvgIpc) is 2.91. The van der Waals surface area contributed by atoms with Crippen molar-refractivity contribution in [1.29, 1.82) is 0 Å². The molecule has 0 bridgehead atoms. The summed E-state index contributed by atoms with van der Waals surface area (Å²) < 4.78 is 0. The molecule has 20 heavy (non-hydrogen) atoms. The van der Waals surface area contributed by atoms with E-state index in [2.05, 4.69) is 15.3 Å². The Morgan fingerprint density at radius 2 is 2.05 bits per heavy atom. The van der Waals surface area contributed by atoms with Gasteiger partial charge in [-0.1, -0.05) is 0 Å². The standard InChI is InChI=1S/C13H15N5O2/c1-18(8-11-15-6-7-16-11)12(19)9-2-4-10(5-3-9)17-13(14)20/h2-7H,8H2,1H3,(H,15,16)(H3,14,17,20). The Balaban J connectivity index is 2.03. The fourth-order valence-electron chi connectivity index (χ4n) is 1.74. The Labute approximate surface area is 115 Å². The van der Waals surface area contributed by atoms with Crippen LogP contribution in [0.5, 0.6) is 0 Å². The largest absolute Gasteiger partial charge is 0.351 e. The molecule has 0 aliphatic heterocycles. The molecule has 1 heterocycles. The third-order valence-corrected chi connectivity index (χ3v) is 2.69. The number of aromatic amines is 1. The first-order valence-electron chi connectivity index (χ1n) is 5.96. The first-order chi connectivity index (χ1) is 9.56. The highest BCUT2D eigenvalue weighted by molar-refractivity contribution is 5.95. The van der Waals surface area contributed by atoms with E-state index in [1.54, 1.807) is 48.6 Å². The van der Waals surface area contributed by atoms with Gasteiger partial charge in [-0.15, -0.1) is 0 Å². The maximum atomic E-state index is 12.2. The molecule has 2 aromatic rings. The number of benzene rings is 1. The molecule has 4 N–H and O–H groups in total. The van der Waals surface area contributed by atoms with Gasteiger partial charge in [0.25, 0.3) is 5.91 Å². The molecule has 0 saturated carbocycles. The van der Waals surface area contributed by atoms with Crippen molar-refractivity contribution < 1.29 is 9.59 Å². The van der Waals surface area contributed by atoms with E-state index in [4.69, 9.17) is 5.73 Å². The molecule has 7 nitrogen and oxygen atoms in total. The number of imidazole rings is 1. The molecule has 0 atom stereocenters. The van der Waals surface area contributed by atoms with E-state index in [1.807, 2.05) is 0 Å². The number of carbonyl (C=O) groups is 2. The molecule has 104 valence electrons. The summed E-state index contributed by atoms with van der Waals surface area (Å²) in [5.41, 5.74) is 6.08. The molecular formula is C13H15N5O2.